The maximum absolute atomic E-state index is 10.1. The minimum atomic E-state index is -0.244. The van der Waals surface area contributed by atoms with Gasteiger partial charge in [-0.25, -0.2) is 9.50 Å². The van der Waals surface area contributed by atoms with E-state index in [-0.39, 0.29) is 12.1 Å². The van der Waals surface area contributed by atoms with Crippen LogP contribution in [0.5, 0.6) is 0 Å². The molecule has 0 amide bonds. The Hall–Kier alpha value is -1.62. The van der Waals surface area contributed by atoms with Crippen LogP contribution in [0, 0.1) is 0 Å². The molecule has 1 aliphatic rings. The Morgan fingerprint density at radius 1 is 1.33 bits per heavy atom. The summed E-state index contributed by atoms with van der Waals surface area (Å²) in [5.41, 5.74) is 0.838. The maximum Gasteiger partial charge on any atom is 0.157 e. The minimum absolute atomic E-state index is 0.177. The zero-order valence-corrected chi connectivity index (χ0v) is 10.5. The topological polar surface area (TPSA) is 53.7 Å². The fourth-order valence-electron chi connectivity index (χ4n) is 2.71. The molecule has 1 N–H and O–H groups in total. The van der Waals surface area contributed by atoms with Crippen LogP contribution in [-0.2, 0) is 0 Å². The first-order chi connectivity index (χ1) is 8.75. The lowest BCUT2D eigenvalue weighted by Gasteiger charge is -2.35. The van der Waals surface area contributed by atoms with Gasteiger partial charge in [0.25, 0.3) is 0 Å². The quantitative estimate of drug-likeness (QED) is 0.872. The summed E-state index contributed by atoms with van der Waals surface area (Å²) in [6.07, 6.45) is 7.63. The number of aliphatic hydroxyl groups is 1. The molecule has 2 aromatic rings. The van der Waals surface area contributed by atoms with E-state index in [1.54, 1.807) is 10.7 Å². The number of anilines is 1. The zero-order chi connectivity index (χ0) is 12.5. The molecule has 0 saturated heterocycles. The number of hydrogen-bond donors (Lipinski definition) is 1. The van der Waals surface area contributed by atoms with E-state index in [4.69, 9.17) is 0 Å². The summed E-state index contributed by atoms with van der Waals surface area (Å²) < 4.78 is 1.74. The number of likely N-dealkylation sites (N-methyl/N-ethyl adjacent to an activating group) is 1. The van der Waals surface area contributed by atoms with E-state index in [2.05, 4.69) is 15.0 Å². The van der Waals surface area contributed by atoms with Gasteiger partial charge in [0.2, 0.25) is 0 Å². The summed E-state index contributed by atoms with van der Waals surface area (Å²) in [6.45, 7) is 0. The van der Waals surface area contributed by atoms with E-state index >= 15 is 0 Å². The van der Waals surface area contributed by atoms with Gasteiger partial charge >= 0.3 is 0 Å². The summed E-state index contributed by atoms with van der Waals surface area (Å²) in [6, 6.07) is 4.01. The third-order valence-corrected chi connectivity index (χ3v) is 3.80. The van der Waals surface area contributed by atoms with Crippen molar-refractivity contribution < 1.29 is 5.11 Å². The fraction of sp³-hybridized carbons (Fsp3) is 0.538. The van der Waals surface area contributed by atoms with Gasteiger partial charge in [-0.3, -0.25) is 0 Å². The fourth-order valence-corrected chi connectivity index (χ4v) is 2.71. The Bertz CT molecular complexity index is 539. The second kappa shape index (κ2) is 4.57. The van der Waals surface area contributed by atoms with Crippen LogP contribution in [0.1, 0.15) is 25.7 Å². The first kappa shape index (κ1) is 11.5. The van der Waals surface area contributed by atoms with Crippen LogP contribution in [0.25, 0.3) is 5.65 Å². The molecule has 18 heavy (non-hydrogen) atoms. The number of aromatic nitrogens is 3. The molecule has 3 rings (SSSR count). The molecule has 0 aliphatic heterocycles. The number of rotatable bonds is 2. The predicted octanol–water partition coefficient (Wildman–Crippen LogP) is 1.47. The highest BCUT2D eigenvalue weighted by Crippen LogP contribution is 2.25. The molecule has 2 heterocycles. The van der Waals surface area contributed by atoms with Crippen molar-refractivity contribution in [1.29, 1.82) is 0 Å². The number of aliphatic hydroxyl groups excluding tert-OH is 1. The molecule has 0 bridgehead atoms. The molecular formula is C13H18N4O. The minimum Gasteiger partial charge on any atom is -0.391 e. The highest BCUT2D eigenvalue weighted by atomic mass is 16.3. The van der Waals surface area contributed by atoms with Crippen molar-refractivity contribution in [2.45, 2.75) is 37.8 Å². The summed E-state index contributed by atoms with van der Waals surface area (Å²) in [5, 5.41) is 14.2. The van der Waals surface area contributed by atoms with Gasteiger partial charge in [0, 0.05) is 19.3 Å². The van der Waals surface area contributed by atoms with Crippen LogP contribution < -0.4 is 4.90 Å². The van der Waals surface area contributed by atoms with Crippen LogP contribution in [0.3, 0.4) is 0 Å². The first-order valence-corrected chi connectivity index (χ1v) is 6.47. The number of hydrogen-bond acceptors (Lipinski definition) is 4. The molecule has 5 nitrogen and oxygen atoms in total. The Kier molecular flexibility index (Phi) is 2.91. The van der Waals surface area contributed by atoms with Crippen molar-refractivity contribution >= 4 is 11.5 Å². The lowest BCUT2D eigenvalue weighted by Crippen LogP contribution is -2.43. The highest BCUT2D eigenvalue weighted by Gasteiger charge is 2.27. The first-order valence-electron chi connectivity index (χ1n) is 6.47. The van der Waals surface area contributed by atoms with Gasteiger partial charge in [-0.15, -0.1) is 0 Å². The van der Waals surface area contributed by atoms with Crippen molar-refractivity contribution in [3.8, 4) is 0 Å². The van der Waals surface area contributed by atoms with Crippen molar-refractivity contribution in [1.82, 2.24) is 14.6 Å². The molecule has 1 aliphatic carbocycles. The van der Waals surface area contributed by atoms with Crippen molar-refractivity contribution in [3.63, 3.8) is 0 Å². The Morgan fingerprint density at radius 3 is 3.00 bits per heavy atom. The van der Waals surface area contributed by atoms with Gasteiger partial charge in [0.15, 0.2) is 5.65 Å². The van der Waals surface area contributed by atoms with Crippen LogP contribution >= 0.6 is 0 Å². The molecule has 0 radical (unpaired) electrons. The molecule has 0 aromatic carbocycles. The van der Waals surface area contributed by atoms with Crippen LogP contribution in [0.15, 0.2) is 24.5 Å². The zero-order valence-electron chi connectivity index (χ0n) is 10.5. The Morgan fingerprint density at radius 2 is 2.17 bits per heavy atom. The second-order valence-corrected chi connectivity index (χ2v) is 4.95. The summed E-state index contributed by atoms with van der Waals surface area (Å²) >= 11 is 0. The van der Waals surface area contributed by atoms with Crippen LogP contribution in [0.2, 0.25) is 0 Å². The Balaban J connectivity index is 1.87. The molecule has 1 saturated carbocycles. The van der Waals surface area contributed by atoms with Crippen molar-refractivity contribution in [2.75, 3.05) is 11.9 Å². The van der Waals surface area contributed by atoms with Gasteiger partial charge in [-0.1, -0.05) is 12.8 Å². The van der Waals surface area contributed by atoms with Crippen LogP contribution in [0.4, 0.5) is 5.82 Å². The van der Waals surface area contributed by atoms with Gasteiger partial charge < -0.3 is 10.0 Å². The van der Waals surface area contributed by atoms with Gasteiger partial charge in [-0.2, -0.15) is 5.10 Å². The lowest BCUT2D eigenvalue weighted by molar-refractivity contribution is 0.106. The van der Waals surface area contributed by atoms with E-state index < -0.39 is 0 Å². The summed E-state index contributed by atoms with van der Waals surface area (Å²) in [7, 11) is 2.01. The summed E-state index contributed by atoms with van der Waals surface area (Å²) in [4.78, 5) is 6.65. The average Bonchev–Trinajstić information content (AvgIpc) is 2.85. The van der Waals surface area contributed by atoms with Crippen LogP contribution in [-0.4, -0.2) is 38.9 Å². The van der Waals surface area contributed by atoms with E-state index in [1.807, 2.05) is 25.4 Å². The van der Waals surface area contributed by atoms with Gasteiger partial charge in [-0.05, 0) is 18.9 Å². The largest absolute Gasteiger partial charge is 0.391 e. The molecule has 2 unspecified atom stereocenters. The van der Waals surface area contributed by atoms with Crippen molar-refractivity contribution in [2.24, 2.45) is 0 Å². The molecule has 96 valence electrons. The molecular weight excluding hydrogens is 228 g/mol. The molecule has 2 aromatic heterocycles. The number of nitrogens with zero attached hydrogens (tertiary/aromatic N) is 4. The third-order valence-electron chi connectivity index (χ3n) is 3.80. The maximum atomic E-state index is 10.1. The standard InChI is InChI=1S/C13H18N4O/c1-16(10-4-2-3-5-11(10)18)12-7-9-17-13(15-12)6-8-14-17/h6-11,18H,2-5H2,1H3. The Labute approximate surface area is 106 Å². The third kappa shape index (κ3) is 1.95. The highest BCUT2D eigenvalue weighted by molar-refractivity contribution is 5.47. The molecule has 1 fully saturated rings. The summed E-state index contributed by atoms with van der Waals surface area (Å²) in [5.74, 6) is 0.897. The SMILES string of the molecule is CN(c1ccn2nccc2n1)C1CCCCC1O. The smallest absolute Gasteiger partial charge is 0.157 e. The van der Waals surface area contributed by atoms with Gasteiger partial charge in [0.05, 0.1) is 18.3 Å². The molecule has 5 heteroatoms. The van der Waals surface area contributed by atoms with E-state index in [9.17, 15) is 5.11 Å². The van der Waals surface area contributed by atoms with Gasteiger partial charge in [0.1, 0.15) is 5.82 Å². The average molecular weight is 246 g/mol. The van der Waals surface area contributed by atoms with Crippen molar-refractivity contribution in [3.05, 3.63) is 24.5 Å². The number of fused-ring (bicyclic) bond motifs is 1. The van der Waals surface area contributed by atoms with E-state index in [0.717, 1.165) is 30.7 Å². The normalized spacial score (nSPS) is 24.3. The molecule has 2 atom stereocenters. The molecule has 0 spiro atoms. The second-order valence-electron chi connectivity index (χ2n) is 4.95. The van der Waals surface area contributed by atoms with E-state index in [1.165, 1.54) is 6.42 Å². The predicted molar refractivity (Wildman–Crippen MR) is 69.7 cm³/mol. The van der Waals surface area contributed by atoms with E-state index in [0.29, 0.717) is 0 Å². The monoisotopic (exact) mass is 246 g/mol. The lowest BCUT2D eigenvalue weighted by atomic mass is 9.91.